The van der Waals surface area contributed by atoms with Crippen LogP contribution in [0.5, 0.6) is 5.75 Å². The van der Waals surface area contributed by atoms with Crippen molar-refractivity contribution >= 4 is 11.6 Å². The third-order valence-corrected chi connectivity index (χ3v) is 5.28. The van der Waals surface area contributed by atoms with E-state index in [9.17, 15) is 4.79 Å². The van der Waals surface area contributed by atoms with Crippen LogP contribution in [0.3, 0.4) is 0 Å². The van der Waals surface area contributed by atoms with Crippen LogP contribution in [0.25, 0.3) is 0 Å². The number of rotatable bonds is 3. The number of carbonyl (C=O) groups excluding carboxylic acids is 1. The Labute approximate surface area is 154 Å². The summed E-state index contributed by atoms with van der Waals surface area (Å²) in [4.78, 5) is 17.2. The maximum atomic E-state index is 13.0. The first-order valence-electron chi connectivity index (χ1n) is 9.40. The minimum Gasteiger partial charge on any atom is -0.477 e. The Morgan fingerprint density at radius 2 is 2.00 bits per heavy atom. The number of hydrogen-bond acceptors (Lipinski definition) is 4. The maximum Gasteiger partial charge on any atom is 0.265 e. The largest absolute Gasteiger partial charge is 0.477 e. The first-order chi connectivity index (χ1) is 12.6. The molecular weight excluding hydrogens is 328 g/mol. The quantitative estimate of drug-likeness (QED) is 0.850. The zero-order valence-corrected chi connectivity index (χ0v) is 15.5. The summed E-state index contributed by atoms with van der Waals surface area (Å²) in [6, 6.07) is 7.98. The van der Waals surface area contributed by atoms with Gasteiger partial charge in [0.25, 0.3) is 5.91 Å². The minimum absolute atomic E-state index is 0.118. The van der Waals surface area contributed by atoms with Crippen molar-refractivity contribution in [1.29, 1.82) is 0 Å². The first kappa shape index (κ1) is 16.9. The Hall–Kier alpha value is -2.50. The molecule has 0 radical (unpaired) electrons. The van der Waals surface area contributed by atoms with Gasteiger partial charge in [0.05, 0.1) is 17.9 Å². The fraction of sp³-hybridized carbons (Fsp3) is 0.500. The van der Waals surface area contributed by atoms with Gasteiger partial charge in [-0.1, -0.05) is 12.1 Å². The molecule has 26 heavy (non-hydrogen) atoms. The smallest absolute Gasteiger partial charge is 0.265 e. The molecule has 1 amide bonds. The van der Waals surface area contributed by atoms with E-state index >= 15 is 0 Å². The zero-order valence-electron chi connectivity index (χ0n) is 15.5. The Kier molecular flexibility index (Phi) is 4.57. The number of aromatic nitrogens is 2. The summed E-state index contributed by atoms with van der Waals surface area (Å²) in [5.74, 6) is 0.905. The number of amides is 1. The molecule has 6 heteroatoms. The van der Waals surface area contributed by atoms with Crippen molar-refractivity contribution in [2.75, 3.05) is 24.5 Å². The minimum atomic E-state index is -0.444. The number of nitrogens with zero attached hydrogens (tertiary/aromatic N) is 4. The highest BCUT2D eigenvalue weighted by molar-refractivity contribution is 5.83. The molecule has 4 rings (SSSR count). The normalized spacial score (nSPS) is 19.8. The second-order valence-electron chi connectivity index (χ2n) is 7.25. The van der Waals surface area contributed by atoms with Crippen LogP contribution in [-0.2, 0) is 18.4 Å². The number of likely N-dealkylation sites (tertiary alicyclic amines) is 1. The lowest BCUT2D eigenvalue weighted by Crippen LogP contribution is -2.51. The summed E-state index contributed by atoms with van der Waals surface area (Å²) in [5.41, 5.74) is 3.24. The number of carbonyl (C=O) groups is 1. The number of benzene rings is 1. The lowest BCUT2D eigenvalue weighted by molar-refractivity contribution is -0.139. The van der Waals surface area contributed by atoms with Crippen LogP contribution in [0.1, 0.15) is 30.5 Å². The average Bonchev–Trinajstić information content (AvgIpc) is 2.98. The highest BCUT2D eigenvalue weighted by Crippen LogP contribution is 2.34. The second-order valence-corrected chi connectivity index (χ2v) is 7.25. The molecule has 1 aromatic heterocycles. The fourth-order valence-electron chi connectivity index (χ4n) is 3.91. The fourth-order valence-corrected chi connectivity index (χ4v) is 3.91. The van der Waals surface area contributed by atoms with Gasteiger partial charge in [0.1, 0.15) is 5.75 Å². The number of ether oxygens (including phenoxy) is 1. The number of para-hydroxylation sites is 2. The molecule has 3 heterocycles. The molecule has 0 unspecified atom stereocenters. The Balaban J connectivity index is 1.58. The van der Waals surface area contributed by atoms with E-state index in [0.717, 1.165) is 49.6 Å². The molecule has 1 aromatic carbocycles. The lowest BCUT2D eigenvalue weighted by atomic mass is 10.1. The van der Waals surface area contributed by atoms with Gasteiger partial charge in [0.15, 0.2) is 6.10 Å². The van der Waals surface area contributed by atoms with Crippen LogP contribution in [0.15, 0.2) is 30.5 Å². The summed E-state index contributed by atoms with van der Waals surface area (Å²) in [6.45, 7) is 5.02. The second kappa shape index (κ2) is 7.02. The van der Waals surface area contributed by atoms with Gasteiger partial charge in [0, 0.05) is 38.4 Å². The van der Waals surface area contributed by atoms with Crippen LogP contribution >= 0.6 is 0 Å². The standard InChI is InChI=1S/C20H26N4O2/c1-15-16(12-22(2)21-15)13-24-14-19(20(25)23-10-6-3-7-11-23)26-18-9-5-4-8-17(18)24/h4-5,8-9,12,19H,3,6-7,10-11,13-14H2,1-2H3/t19-/m0/s1. The highest BCUT2D eigenvalue weighted by Gasteiger charge is 2.34. The van der Waals surface area contributed by atoms with Gasteiger partial charge in [-0.05, 0) is 38.3 Å². The van der Waals surface area contributed by atoms with E-state index in [0.29, 0.717) is 6.54 Å². The number of piperidine rings is 1. The summed E-state index contributed by atoms with van der Waals surface area (Å²) in [7, 11) is 1.94. The van der Waals surface area contributed by atoms with E-state index < -0.39 is 6.10 Å². The number of anilines is 1. The molecular formula is C20H26N4O2. The Bertz CT molecular complexity index is 795. The van der Waals surface area contributed by atoms with Crippen molar-refractivity contribution in [3.63, 3.8) is 0 Å². The Morgan fingerprint density at radius 1 is 1.23 bits per heavy atom. The molecule has 0 spiro atoms. The van der Waals surface area contributed by atoms with Crippen molar-refractivity contribution in [2.45, 2.75) is 38.8 Å². The van der Waals surface area contributed by atoms with Crippen molar-refractivity contribution < 1.29 is 9.53 Å². The van der Waals surface area contributed by atoms with Gasteiger partial charge in [-0.2, -0.15) is 5.10 Å². The van der Waals surface area contributed by atoms with Crippen molar-refractivity contribution in [2.24, 2.45) is 7.05 Å². The van der Waals surface area contributed by atoms with E-state index in [-0.39, 0.29) is 5.91 Å². The van der Waals surface area contributed by atoms with Crippen LogP contribution in [-0.4, -0.2) is 46.3 Å². The van der Waals surface area contributed by atoms with Crippen LogP contribution in [0.4, 0.5) is 5.69 Å². The lowest BCUT2D eigenvalue weighted by Gasteiger charge is -2.38. The molecule has 1 saturated heterocycles. The van der Waals surface area contributed by atoms with E-state index in [2.05, 4.69) is 22.3 Å². The maximum absolute atomic E-state index is 13.0. The number of aryl methyl sites for hydroxylation is 2. The average molecular weight is 354 g/mol. The van der Waals surface area contributed by atoms with Gasteiger partial charge in [-0.25, -0.2) is 0 Å². The van der Waals surface area contributed by atoms with E-state index in [4.69, 9.17) is 4.74 Å². The third kappa shape index (κ3) is 3.28. The molecule has 2 aromatic rings. The number of fused-ring (bicyclic) bond motifs is 1. The van der Waals surface area contributed by atoms with Gasteiger partial charge in [-0.3, -0.25) is 9.48 Å². The molecule has 1 atom stereocenters. The van der Waals surface area contributed by atoms with E-state index in [1.165, 1.54) is 12.0 Å². The summed E-state index contributed by atoms with van der Waals surface area (Å²) in [5, 5.41) is 4.44. The van der Waals surface area contributed by atoms with Gasteiger partial charge in [-0.15, -0.1) is 0 Å². The van der Waals surface area contributed by atoms with Crippen molar-refractivity contribution in [1.82, 2.24) is 14.7 Å². The topological polar surface area (TPSA) is 50.6 Å². The van der Waals surface area contributed by atoms with Gasteiger partial charge >= 0.3 is 0 Å². The highest BCUT2D eigenvalue weighted by atomic mass is 16.5. The van der Waals surface area contributed by atoms with Crippen LogP contribution < -0.4 is 9.64 Å². The molecule has 2 aliphatic rings. The van der Waals surface area contributed by atoms with Gasteiger partial charge < -0.3 is 14.5 Å². The zero-order chi connectivity index (χ0) is 18.1. The molecule has 6 nitrogen and oxygen atoms in total. The van der Waals surface area contributed by atoms with Crippen molar-refractivity contribution in [3.8, 4) is 5.75 Å². The van der Waals surface area contributed by atoms with Crippen LogP contribution in [0.2, 0.25) is 0 Å². The van der Waals surface area contributed by atoms with E-state index in [1.54, 1.807) is 0 Å². The summed E-state index contributed by atoms with van der Waals surface area (Å²) < 4.78 is 7.94. The summed E-state index contributed by atoms with van der Waals surface area (Å²) >= 11 is 0. The van der Waals surface area contributed by atoms with Gasteiger partial charge in [0.2, 0.25) is 0 Å². The number of hydrogen-bond donors (Lipinski definition) is 0. The molecule has 0 saturated carbocycles. The Morgan fingerprint density at radius 3 is 2.73 bits per heavy atom. The predicted octanol–water partition coefficient (Wildman–Crippen LogP) is 2.51. The summed E-state index contributed by atoms with van der Waals surface area (Å²) in [6.07, 6.45) is 5.00. The van der Waals surface area contributed by atoms with Crippen LogP contribution in [0, 0.1) is 6.92 Å². The molecule has 0 aliphatic carbocycles. The monoisotopic (exact) mass is 354 g/mol. The van der Waals surface area contributed by atoms with E-state index in [1.807, 2.05) is 41.8 Å². The predicted molar refractivity (Wildman–Crippen MR) is 100 cm³/mol. The third-order valence-electron chi connectivity index (χ3n) is 5.28. The molecule has 0 bridgehead atoms. The SMILES string of the molecule is Cc1nn(C)cc1CN1C[C@@H](C(=O)N2CCCCC2)Oc2ccccc21. The molecule has 138 valence electrons. The first-order valence-corrected chi connectivity index (χ1v) is 9.40. The molecule has 1 fully saturated rings. The van der Waals surface area contributed by atoms with Crippen molar-refractivity contribution in [3.05, 3.63) is 41.7 Å². The molecule has 0 N–H and O–H groups in total. The molecule has 2 aliphatic heterocycles.